The SMILES string of the molecule is CCCCCOc1c(C)cc(CNC)cc1C. The lowest BCUT2D eigenvalue weighted by atomic mass is 10.1. The van der Waals surface area contributed by atoms with E-state index in [1.54, 1.807) is 0 Å². The molecule has 2 heteroatoms. The molecular formula is C15H25NO. The summed E-state index contributed by atoms with van der Waals surface area (Å²) in [5.74, 6) is 1.07. The Morgan fingerprint density at radius 3 is 2.29 bits per heavy atom. The molecule has 0 spiro atoms. The van der Waals surface area contributed by atoms with Gasteiger partial charge in [0.25, 0.3) is 0 Å². The number of unbranched alkanes of at least 4 members (excludes halogenated alkanes) is 2. The zero-order chi connectivity index (χ0) is 12.7. The van der Waals surface area contributed by atoms with Gasteiger partial charge in [-0.3, -0.25) is 0 Å². The van der Waals surface area contributed by atoms with Crippen molar-refractivity contribution in [1.82, 2.24) is 5.32 Å². The van der Waals surface area contributed by atoms with Crippen molar-refractivity contribution in [3.63, 3.8) is 0 Å². The maximum absolute atomic E-state index is 5.88. The molecule has 1 rings (SSSR count). The highest BCUT2D eigenvalue weighted by atomic mass is 16.5. The number of hydrogen-bond acceptors (Lipinski definition) is 2. The molecule has 0 aromatic heterocycles. The van der Waals surface area contributed by atoms with Gasteiger partial charge in [0.1, 0.15) is 5.75 Å². The first-order chi connectivity index (χ1) is 8.19. The summed E-state index contributed by atoms with van der Waals surface area (Å²) in [7, 11) is 1.97. The number of ether oxygens (including phenoxy) is 1. The number of rotatable bonds is 7. The Morgan fingerprint density at radius 1 is 1.12 bits per heavy atom. The van der Waals surface area contributed by atoms with E-state index in [1.807, 2.05) is 7.05 Å². The second kappa shape index (κ2) is 7.33. The Balaban J connectivity index is 2.65. The Labute approximate surface area is 105 Å². The number of hydrogen-bond donors (Lipinski definition) is 1. The monoisotopic (exact) mass is 235 g/mol. The minimum Gasteiger partial charge on any atom is -0.493 e. The Bertz CT molecular complexity index is 324. The minimum atomic E-state index is 0.834. The van der Waals surface area contributed by atoms with E-state index in [1.165, 1.54) is 29.5 Å². The molecule has 0 saturated heterocycles. The van der Waals surface area contributed by atoms with Gasteiger partial charge in [-0.2, -0.15) is 0 Å². The molecular weight excluding hydrogens is 210 g/mol. The lowest BCUT2D eigenvalue weighted by Crippen LogP contribution is -2.07. The molecule has 0 radical (unpaired) electrons. The summed E-state index contributed by atoms with van der Waals surface area (Å²) in [4.78, 5) is 0. The molecule has 1 aromatic rings. The summed E-state index contributed by atoms with van der Waals surface area (Å²) in [6.45, 7) is 8.21. The summed E-state index contributed by atoms with van der Waals surface area (Å²) in [5.41, 5.74) is 3.81. The van der Waals surface area contributed by atoms with Crippen LogP contribution in [0.15, 0.2) is 12.1 Å². The van der Waals surface area contributed by atoms with Crippen LogP contribution in [0.5, 0.6) is 5.75 Å². The van der Waals surface area contributed by atoms with E-state index >= 15 is 0 Å². The Kier molecular flexibility index (Phi) is 6.06. The van der Waals surface area contributed by atoms with Gasteiger partial charge in [0.2, 0.25) is 0 Å². The molecule has 1 aromatic carbocycles. The zero-order valence-corrected chi connectivity index (χ0v) is 11.6. The topological polar surface area (TPSA) is 21.3 Å². The van der Waals surface area contributed by atoms with Crippen LogP contribution >= 0.6 is 0 Å². The van der Waals surface area contributed by atoms with Crippen molar-refractivity contribution >= 4 is 0 Å². The highest BCUT2D eigenvalue weighted by Crippen LogP contribution is 2.25. The van der Waals surface area contributed by atoms with Crippen molar-refractivity contribution in [2.45, 2.75) is 46.6 Å². The van der Waals surface area contributed by atoms with Gasteiger partial charge in [0.15, 0.2) is 0 Å². The third kappa shape index (κ3) is 4.39. The second-order valence-corrected chi connectivity index (χ2v) is 4.64. The third-order valence-electron chi connectivity index (χ3n) is 2.90. The third-order valence-corrected chi connectivity index (χ3v) is 2.90. The fourth-order valence-electron chi connectivity index (χ4n) is 2.10. The van der Waals surface area contributed by atoms with E-state index in [2.05, 4.69) is 38.2 Å². The first-order valence-corrected chi connectivity index (χ1v) is 6.56. The van der Waals surface area contributed by atoms with Crippen LogP contribution in [0.2, 0.25) is 0 Å². The molecule has 17 heavy (non-hydrogen) atoms. The van der Waals surface area contributed by atoms with Crippen LogP contribution in [0.4, 0.5) is 0 Å². The summed E-state index contributed by atoms with van der Waals surface area (Å²) < 4.78 is 5.88. The predicted octanol–water partition coefficient (Wildman–Crippen LogP) is 3.59. The molecule has 0 amide bonds. The van der Waals surface area contributed by atoms with E-state index in [4.69, 9.17) is 4.74 Å². The highest BCUT2D eigenvalue weighted by molar-refractivity contribution is 5.43. The molecule has 0 fully saturated rings. The normalized spacial score (nSPS) is 10.6. The van der Waals surface area contributed by atoms with Crippen molar-refractivity contribution in [2.75, 3.05) is 13.7 Å². The highest BCUT2D eigenvalue weighted by Gasteiger charge is 2.05. The molecule has 0 aliphatic carbocycles. The van der Waals surface area contributed by atoms with Crippen LogP contribution in [-0.4, -0.2) is 13.7 Å². The average Bonchev–Trinajstić information content (AvgIpc) is 2.27. The molecule has 96 valence electrons. The molecule has 2 nitrogen and oxygen atoms in total. The summed E-state index contributed by atoms with van der Waals surface area (Å²) >= 11 is 0. The summed E-state index contributed by atoms with van der Waals surface area (Å²) in [6, 6.07) is 4.41. The van der Waals surface area contributed by atoms with Gasteiger partial charge in [-0.25, -0.2) is 0 Å². The maximum atomic E-state index is 5.88. The van der Waals surface area contributed by atoms with Gasteiger partial charge in [-0.15, -0.1) is 0 Å². The standard InChI is InChI=1S/C15H25NO/c1-5-6-7-8-17-15-12(2)9-14(11-16-4)10-13(15)3/h9-10,16H,5-8,11H2,1-4H3. The van der Waals surface area contributed by atoms with E-state index in [-0.39, 0.29) is 0 Å². The quantitative estimate of drug-likeness (QED) is 0.729. The molecule has 0 saturated carbocycles. The molecule has 0 bridgehead atoms. The van der Waals surface area contributed by atoms with Crippen LogP contribution in [0.1, 0.15) is 42.9 Å². The van der Waals surface area contributed by atoms with Crippen LogP contribution in [0, 0.1) is 13.8 Å². The number of nitrogens with one attached hydrogen (secondary N) is 1. The summed E-state index contributed by atoms with van der Waals surface area (Å²) in [6.07, 6.45) is 3.63. The van der Waals surface area contributed by atoms with Crippen LogP contribution in [0.25, 0.3) is 0 Å². The van der Waals surface area contributed by atoms with Gasteiger partial charge in [0.05, 0.1) is 6.61 Å². The lowest BCUT2D eigenvalue weighted by Gasteiger charge is -2.14. The van der Waals surface area contributed by atoms with Gasteiger partial charge in [0, 0.05) is 6.54 Å². The van der Waals surface area contributed by atoms with E-state index in [0.717, 1.165) is 25.3 Å². The van der Waals surface area contributed by atoms with Gasteiger partial charge in [-0.1, -0.05) is 31.9 Å². The molecule has 0 heterocycles. The largest absolute Gasteiger partial charge is 0.493 e. The minimum absolute atomic E-state index is 0.834. The van der Waals surface area contributed by atoms with E-state index < -0.39 is 0 Å². The van der Waals surface area contributed by atoms with Crippen LogP contribution in [0.3, 0.4) is 0 Å². The Hall–Kier alpha value is -1.02. The fourth-order valence-corrected chi connectivity index (χ4v) is 2.10. The van der Waals surface area contributed by atoms with E-state index in [0.29, 0.717) is 0 Å². The maximum Gasteiger partial charge on any atom is 0.125 e. The molecule has 0 unspecified atom stereocenters. The van der Waals surface area contributed by atoms with Crippen molar-refractivity contribution in [3.05, 3.63) is 28.8 Å². The number of benzene rings is 1. The van der Waals surface area contributed by atoms with Gasteiger partial charge >= 0.3 is 0 Å². The Morgan fingerprint density at radius 2 is 1.76 bits per heavy atom. The summed E-state index contributed by atoms with van der Waals surface area (Å²) in [5, 5.41) is 3.18. The average molecular weight is 235 g/mol. The predicted molar refractivity (Wildman–Crippen MR) is 73.7 cm³/mol. The van der Waals surface area contributed by atoms with Crippen LogP contribution in [-0.2, 0) is 6.54 Å². The number of aryl methyl sites for hydroxylation is 2. The van der Waals surface area contributed by atoms with Crippen molar-refractivity contribution in [3.8, 4) is 5.75 Å². The lowest BCUT2D eigenvalue weighted by molar-refractivity contribution is 0.302. The van der Waals surface area contributed by atoms with Gasteiger partial charge in [-0.05, 0) is 44.0 Å². The zero-order valence-electron chi connectivity index (χ0n) is 11.6. The van der Waals surface area contributed by atoms with Crippen molar-refractivity contribution in [2.24, 2.45) is 0 Å². The fraction of sp³-hybridized carbons (Fsp3) is 0.600. The molecule has 0 atom stereocenters. The molecule has 0 aliphatic heterocycles. The van der Waals surface area contributed by atoms with E-state index in [9.17, 15) is 0 Å². The smallest absolute Gasteiger partial charge is 0.125 e. The van der Waals surface area contributed by atoms with Crippen molar-refractivity contribution < 1.29 is 4.74 Å². The second-order valence-electron chi connectivity index (χ2n) is 4.64. The first kappa shape index (κ1) is 14.0. The molecule has 0 aliphatic rings. The van der Waals surface area contributed by atoms with Crippen molar-refractivity contribution in [1.29, 1.82) is 0 Å². The van der Waals surface area contributed by atoms with Gasteiger partial charge < -0.3 is 10.1 Å². The first-order valence-electron chi connectivity index (χ1n) is 6.56. The molecule has 1 N–H and O–H groups in total. The van der Waals surface area contributed by atoms with Crippen LogP contribution < -0.4 is 10.1 Å².